The lowest BCUT2D eigenvalue weighted by atomic mass is 10.5. The Balaban J connectivity index is 3.16. The van der Waals surface area contributed by atoms with E-state index in [0.29, 0.717) is 26.4 Å². The summed E-state index contributed by atoms with van der Waals surface area (Å²) < 4.78 is 10.3. The highest BCUT2D eigenvalue weighted by molar-refractivity contribution is 4.83. The molecule has 0 aromatic heterocycles. The minimum atomic E-state index is 0.376. The lowest BCUT2D eigenvalue weighted by molar-refractivity contribution is 0.107. The Morgan fingerprint density at radius 3 is 1.79 bits per heavy atom. The molecule has 0 radical (unpaired) electrons. The molecule has 0 aromatic rings. The quantitative estimate of drug-likeness (QED) is 0.408. The first-order valence-electron chi connectivity index (χ1n) is 4.52. The number of likely N-dealkylation sites (N-methyl/N-ethyl adjacent to an activating group) is 1. The van der Waals surface area contributed by atoms with E-state index in [9.17, 15) is 0 Å². The normalized spacial score (nSPS) is 9.71. The Kier molecular flexibility index (Phi) is 9.36. The number of hydrogen-bond acceptors (Lipinski definition) is 3. The van der Waals surface area contributed by atoms with Crippen LogP contribution in [-0.4, -0.2) is 51.5 Å². The molecule has 3 nitrogen and oxygen atoms in total. The lowest BCUT2D eigenvalue weighted by Crippen LogP contribution is -2.27. The van der Waals surface area contributed by atoms with Gasteiger partial charge in [-0.3, -0.25) is 0 Å². The highest BCUT2D eigenvalue weighted by Gasteiger charge is 1.96. The van der Waals surface area contributed by atoms with Gasteiger partial charge in [-0.1, -0.05) is 11.8 Å². The minimum Gasteiger partial charge on any atom is -0.367 e. The predicted octanol–water partition coefficient (Wildman–Crippen LogP) is 0.218. The van der Waals surface area contributed by atoms with E-state index in [4.69, 9.17) is 22.3 Å². The van der Waals surface area contributed by atoms with Gasteiger partial charge in [0.1, 0.15) is 13.2 Å². The van der Waals surface area contributed by atoms with Gasteiger partial charge < -0.3 is 14.4 Å². The van der Waals surface area contributed by atoms with Crippen molar-refractivity contribution in [3.63, 3.8) is 0 Å². The largest absolute Gasteiger partial charge is 0.367 e. The van der Waals surface area contributed by atoms with E-state index in [1.54, 1.807) is 0 Å². The maximum absolute atomic E-state index is 5.13. The number of ether oxygens (including phenoxy) is 2. The van der Waals surface area contributed by atoms with E-state index in [2.05, 4.69) is 16.7 Å². The summed E-state index contributed by atoms with van der Waals surface area (Å²) in [5, 5.41) is 0. The molecule has 0 atom stereocenters. The summed E-state index contributed by atoms with van der Waals surface area (Å²) in [4.78, 5) is 2.10. The third kappa shape index (κ3) is 9.09. The summed E-state index contributed by atoms with van der Waals surface area (Å²) >= 11 is 0. The second kappa shape index (κ2) is 10.1. The van der Waals surface area contributed by atoms with Crippen molar-refractivity contribution >= 4 is 0 Å². The lowest BCUT2D eigenvalue weighted by Gasteiger charge is -2.15. The van der Waals surface area contributed by atoms with Crippen molar-refractivity contribution in [2.24, 2.45) is 0 Å². The number of rotatable bonds is 8. The van der Waals surface area contributed by atoms with E-state index >= 15 is 0 Å². The molecule has 78 valence electrons. The van der Waals surface area contributed by atoms with Crippen LogP contribution in [-0.2, 0) is 9.47 Å². The monoisotopic (exact) mass is 195 g/mol. The molecule has 0 aliphatic rings. The molecular formula is C11H17NO2. The molecule has 0 aromatic carbocycles. The molecule has 0 saturated carbocycles. The molecule has 0 aliphatic carbocycles. The first-order chi connectivity index (χ1) is 6.81. The van der Waals surface area contributed by atoms with Crippen LogP contribution in [0.1, 0.15) is 0 Å². The zero-order valence-corrected chi connectivity index (χ0v) is 8.66. The van der Waals surface area contributed by atoms with Crippen molar-refractivity contribution in [1.82, 2.24) is 4.90 Å². The molecule has 0 N–H and O–H groups in total. The third-order valence-electron chi connectivity index (χ3n) is 1.61. The van der Waals surface area contributed by atoms with Gasteiger partial charge in [0.15, 0.2) is 0 Å². The number of terminal acetylenes is 2. The topological polar surface area (TPSA) is 21.7 Å². The summed E-state index contributed by atoms with van der Waals surface area (Å²) in [7, 11) is 2.00. The van der Waals surface area contributed by atoms with Gasteiger partial charge in [0.2, 0.25) is 0 Å². The zero-order valence-electron chi connectivity index (χ0n) is 8.66. The summed E-state index contributed by atoms with van der Waals surface area (Å²) in [6, 6.07) is 0. The first kappa shape index (κ1) is 13.0. The molecule has 0 fully saturated rings. The predicted molar refractivity (Wildman–Crippen MR) is 56.8 cm³/mol. The van der Waals surface area contributed by atoms with Gasteiger partial charge in [-0.15, -0.1) is 12.8 Å². The van der Waals surface area contributed by atoms with Gasteiger partial charge in [0, 0.05) is 13.1 Å². The van der Waals surface area contributed by atoms with Crippen LogP contribution < -0.4 is 0 Å². The summed E-state index contributed by atoms with van der Waals surface area (Å²) in [5.74, 6) is 4.83. The van der Waals surface area contributed by atoms with E-state index < -0.39 is 0 Å². The van der Waals surface area contributed by atoms with Crippen LogP contribution in [0.3, 0.4) is 0 Å². The van der Waals surface area contributed by atoms with Crippen molar-refractivity contribution in [1.29, 1.82) is 0 Å². The van der Waals surface area contributed by atoms with Crippen LogP contribution in [0.25, 0.3) is 0 Å². The second-order valence-corrected chi connectivity index (χ2v) is 2.82. The van der Waals surface area contributed by atoms with Gasteiger partial charge in [-0.25, -0.2) is 0 Å². The molecule has 0 heterocycles. The fourth-order valence-electron chi connectivity index (χ4n) is 0.815. The van der Waals surface area contributed by atoms with Gasteiger partial charge in [-0.2, -0.15) is 0 Å². The van der Waals surface area contributed by atoms with Gasteiger partial charge >= 0.3 is 0 Å². The zero-order chi connectivity index (χ0) is 10.6. The molecule has 0 aliphatic heterocycles. The summed E-state index contributed by atoms with van der Waals surface area (Å²) in [6.07, 6.45) is 10.1. The van der Waals surface area contributed by atoms with E-state index in [0.717, 1.165) is 13.1 Å². The Bertz CT molecular complexity index is 180. The molecular weight excluding hydrogens is 178 g/mol. The van der Waals surface area contributed by atoms with Crippen molar-refractivity contribution in [3.05, 3.63) is 0 Å². The van der Waals surface area contributed by atoms with Crippen LogP contribution in [0, 0.1) is 24.7 Å². The van der Waals surface area contributed by atoms with Crippen LogP contribution in [0.5, 0.6) is 0 Å². The Hall–Kier alpha value is -1.00. The summed E-state index contributed by atoms with van der Waals surface area (Å²) in [6.45, 7) is 3.75. The van der Waals surface area contributed by atoms with Crippen LogP contribution in [0.15, 0.2) is 0 Å². The van der Waals surface area contributed by atoms with E-state index in [-0.39, 0.29) is 0 Å². The number of hydrogen-bond donors (Lipinski definition) is 0. The Morgan fingerprint density at radius 2 is 1.43 bits per heavy atom. The van der Waals surface area contributed by atoms with Crippen molar-refractivity contribution in [3.8, 4) is 24.7 Å². The molecule has 0 rings (SSSR count). The van der Waals surface area contributed by atoms with Gasteiger partial charge in [-0.05, 0) is 7.05 Å². The van der Waals surface area contributed by atoms with Gasteiger partial charge in [0.05, 0.1) is 13.2 Å². The van der Waals surface area contributed by atoms with Gasteiger partial charge in [0.25, 0.3) is 0 Å². The fraction of sp³-hybridized carbons (Fsp3) is 0.636. The second-order valence-electron chi connectivity index (χ2n) is 2.82. The molecule has 0 bridgehead atoms. The third-order valence-corrected chi connectivity index (χ3v) is 1.61. The average Bonchev–Trinajstić information content (AvgIpc) is 2.19. The van der Waals surface area contributed by atoms with E-state index in [1.807, 2.05) is 7.05 Å². The van der Waals surface area contributed by atoms with Crippen molar-refractivity contribution < 1.29 is 9.47 Å². The highest BCUT2D eigenvalue weighted by atomic mass is 16.5. The van der Waals surface area contributed by atoms with Crippen molar-refractivity contribution in [2.45, 2.75) is 0 Å². The average molecular weight is 195 g/mol. The Labute approximate surface area is 86.4 Å². The summed E-state index contributed by atoms with van der Waals surface area (Å²) in [5.41, 5.74) is 0. The maximum atomic E-state index is 5.13. The fourth-order valence-corrected chi connectivity index (χ4v) is 0.815. The molecule has 0 unspecified atom stereocenters. The van der Waals surface area contributed by atoms with Crippen LogP contribution >= 0.6 is 0 Å². The maximum Gasteiger partial charge on any atom is 0.107 e. The number of nitrogens with zero attached hydrogens (tertiary/aromatic N) is 1. The standard InChI is InChI=1S/C11H17NO2/c1-4-8-13-10-6-12(3)7-11-14-9-5-2/h1-2H,6-11H2,3H3. The highest BCUT2D eigenvalue weighted by Crippen LogP contribution is 1.84. The van der Waals surface area contributed by atoms with Crippen LogP contribution in [0.4, 0.5) is 0 Å². The smallest absolute Gasteiger partial charge is 0.107 e. The molecule has 14 heavy (non-hydrogen) atoms. The first-order valence-corrected chi connectivity index (χ1v) is 4.52. The van der Waals surface area contributed by atoms with Crippen LogP contribution in [0.2, 0.25) is 0 Å². The molecule has 0 saturated heterocycles. The van der Waals surface area contributed by atoms with Crippen molar-refractivity contribution in [2.75, 3.05) is 46.6 Å². The molecule has 0 spiro atoms. The van der Waals surface area contributed by atoms with E-state index in [1.165, 1.54) is 0 Å². The SMILES string of the molecule is C#CCOCCN(C)CCOCC#C. The molecule has 0 amide bonds. The Morgan fingerprint density at radius 1 is 1.00 bits per heavy atom. The minimum absolute atomic E-state index is 0.376. The molecule has 3 heteroatoms.